The lowest BCUT2D eigenvalue weighted by molar-refractivity contribution is -0.122. The van der Waals surface area contributed by atoms with Crippen molar-refractivity contribution >= 4 is 34.1 Å². The molecule has 118 valence electrons. The van der Waals surface area contributed by atoms with Gasteiger partial charge >= 0.3 is 0 Å². The van der Waals surface area contributed by atoms with Crippen molar-refractivity contribution in [3.63, 3.8) is 0 Å². The first-order valence-electron chi connectivity index (χ1n) is 7.29. The molecule has 0 aliphatic rings. The summed E-state index contributed by atoms with van der Waals surface area (Å²) in [6.07, 6.45) is 0. The third-order valence-electron chi connectivity index (χ3n) is 3.70. The maximum atomic E-state index is 12.2. The Morgan fingerprint density at radius 3 is 2.59 bits per heavy atom. The van der Waals surface area contributed by atoms with Gasteiger partial charge in [-0.15, -0.1) is 11.6 Å². The Kier molecular flexibility index (Phi) is 4.61. The van der Waals surface area contributed by atoms with Crippen LogP contribution in [0.15, 0.2) is 29.1 Å². The van der Waals surface area contributed by atoms with E-state index in [1.807, 2.05) is 26.0 Å². The Morgan fingerprint density at radius 1 is 1.32 bits per heavy atom. The molecule has 0 aliphatic carbocycles. The smallest absolute Gasteiger partial charge is 0.248 e. The molecular weight excluding hydrogens is 300 g/mol. The van der Waals surface area contributed by atoms with E-state index in [9.17, 15) is 9.59 Å². The van der Waals surface area contributed by atoms with Crippen LogP contribution in [0.4, 0.5) is 5.69 Å². The third kappa shape index (κ3) is 3.33. The Labute approximate surface area is 134 Å². The zero-order valence-electron chi connectivity index (χ0n) is 13.3. The fourth-order valence-electron chi connectivity index (χ4n) is 2.20. The average Bonchev–Trinajstić information content (AvgIpc) is 2.45. The zero-order chi connectivity index (χ0) is 16.5. The van der Waals surface area contributed by atoms with E-state index in [-0.39, 0.29) is 23.3 Å². The number of nitrogens with one attached hydrogen (secondary N) is 2. The molecule has 5 heteroatoms. The van der Waals surface area contributed by atoms with Crippen LogP contribution in [0.3, 0.4) is 0 Å². The van der Waals surface area contributed by atoms with Gasteiger partial charge in [0, 0.05) is 23.0 Å². The molecule has 0 fully saturated rings. The van der Waals surface area contributed by atoms with Gasteiger partial charge in [-0.2, -0.15) is 0 Å². The van der Waals surface area contributed by atoms with Gasteiger partial charge in [0.1, 0.15) is 0 Å². The molecule has 0 unspecified atom stereocenters. The lowest BCUT2D eigenvalue weighted by Crippen LogP contribution is -2.32. The van der Waals surface area contributed by atoms with Gasteiger partial charge in [-0.25, -0.2) is 0 Å². The minimum atomic E-state index is -0.649. The largest absolute Gasteiger partial charge is 0.326 e. The lowest BCUT2D eigenvalue weighted by Gasteiger charge is -2.20. The molecule has 0 saturated heterocycles. The number of H-pyrrole nitrogens is 1. The number of aromatic amines is 1. The normalized spacial score (nSPS) is 11.9. The van der Waals surface area contributed by atoms with Crippen LogP contribution in [0, 0.1) is 5.41 Å². The summed E-state index contributed by atoms with van der Waals surface area (Å²) in [6, 6.07) is 7.17. The number of alkyl halides is 1. The maximum Gasteiger partial charge on any atom is 0.248 e. The second-order valence-electron chi connectivity index (χ2n) is 6.48. The summed E-state index contributed by atoms with van der Waals surface area (Å²) in [6.45, 7) is 7.67. The number of pyridine rings is 1. The molecule has 1 aromatic heterocycles. The van der Waals surface area contributed by atoms with Crippen molar-refractivity contribution < 1.29 is 4.79 Å². The molecule has 1 aromatic carbocycles. The predicted octanol–water partition coefficient (Wildman–Crippen LogP) is 3.86. The summed E-state index contributed by atoms with van der Waals surface area (Å²) in [4.78, 5) is 26.8. The first-order valence-corrected chi connectivity index (χ1v) is 7.82. The zero-order valence-corrected chi connectivity index (χ0v) is 14.0. The van der Waals surface area contributed by atoms with Crippen LogP contribution in [0.2, 0.25) is 0 Å². The van der Waals surface area contributed by atoms with Gasteiger partial charge in [0.2, 0.25) is 11.5 Å². The van der Waals surface area contributed by atoms with Gasteiger partial charge in [0.15, 0.2) is 0 Å². The van der Waals surface area contributed by atoms with Crippen molar-refractivity contribution in [1.82, 2.24) is 4.98 Å². The van der Waals surface area contributed by atoms with Crippen molar-refractivity contribution in [2.24, 2.45) is 5.41 Å². The van der Waals surface area contributed by atoms with Gasteiger partial charge < -0.3 is 10.3 Å². The first kappa shape index (κ1) is 16.6. The predicted molar refractivity (Wildman–Crippen MR) is 91.8 cm³/mol. The van der Waals surface area contributed by atoms with Crippen LogP contribution < -0.4 is 10.9 Å². The van der Waals surface area contributed by atoms with E-state index in [0.717, 1.165) is 16.5 Å². The average molecular weight is 321 g/mol. The number of halogens is 1. The topological polar surface area (TPSA) is 62.0 Å². The van der Waals surface area contributed by atoms with Crippen molar-refractivity contribution in [2.45, 2.75) is 33.6 Å². The molecule has 0 radical (unpaired) electrons. The monoisotopic (exact) mass is 320 g/mol. The van der Waals surface area contributed by atoms with Crippen molar-refractivity contribution in [3.05, 3.63) is 40.2 Å². The van der Waals surface area contributed by atoms with E-state index in [2.05, 4.69) is 10.3 Å². The standard InChI is InChI=1S/C17H21ClN2O2/c1-10(2)13-8-15(21)20-14-7-11(5-6-12(13)14)19-16(22)17(3,4)9-18/h5-8,10H,9H2,1-4H3,(H,19,22)(H,20,21). The third-order valence-corrected chi connectivity index (χ3v) is 4.37. The molecule has 0 spiro atoms. The highest BCUT2D eigenvalue weighted by molar-refractivity contribution is 6.20. The van der Waals surface area contributed by atoms with Gasteiger partial charge in [-0.1, -0.05) is 19.9 Å². The first-order chi connectivity index (χ1) is 10.2. The number of hydrogen-bond donors (Lipinski definition) is 2. The van der Waals surface area contributed by atoms with Crippen LogP contribution in [-0.2, 0) is 4.79 Å². The number of carbonyl (C=O) groups is 1. The number of rotatable bonds is 4. The molecular formula is C17H21ClN2O2. The fraction of sp³-hybridized carbons (Fsp3) is 0.412. The summed E-state index contributed by atoms with van der Waals surface area (Å²) >= 11 is 5.82. The molecule has 0 atom stereocenters. The summed E-state index contributed by atoms with van der Waals surface area (Å²) in [7, 11) is 0. The molecule has 0 bridgehead atoms. The number of carbonyl (C=O) groups excluding carboxylic acids is 1. The number of aromatic nitrogens is 1. The van der Waals surface area contributed by atoms with E-state index in [0.29, 0.717) is 5.69 Å². The summed E-state index contributed by atoms with van der Waals surface area (Å²) < 4.78 is 0. The molecule has 1 heterocycles. The van der Waals surface area contributed by atoms with Crippen molar-refractivity contribution in [1.29, 1.82) is 0 Å². The van der Waals surface area contributed by atoms with Crippen LogP contribution in [-0.4, -0.2) is 16.8 Å². The van der Waals surface area contributed by atoms with E-state index in [1.165, 1.54) is 0 Å². The molecule has 22 heavy (non-hydrogen) atoms. The van der Waals surface area contributed by atoms with Gasteiger partial charge in [-0.05, 0) is 37.5 Å². The molecule has 1 amide bonds. The number of fused-ring (bicyclic) bond motifs is 1. The van der Waals surface area contributed by atoms with E-state index in [1.54, 1.807) is 26.0 Å². The van der Waals surface area contributed by atoms with Crippen LogP contribution in [0.5, 0.6) is 0 Å². The van der Waals surface area contributed by atoms with Crippen LogP contribution >= 0.6 is 11.6 Å². The Bertz CT molecular complexity index is 763. The number of hydrogen-bond acceptors (Lipinski definition) is 2. The number of anilines is 1. The molecule has 2 rings (SSSR count). The highest BCUT2D eigenvalue weighted by Gasteiger charge is 2.26. The highest BCUT2D eigenvalue weighted by atomic mass is 35.5. The van der Waals surface area contributed by atoms with Crippen LogP contribution in [0.1, 0.15) is 39.2 Å². The lowest BCUT2D eigenvalue weighted by atomic mass is 9.95. The maximum absolute atomic E-state index is 12.2. The van der Waals surface area contributed by atoms with Gasteiger partial charge in [0.25, 0.3) is 0 Å². The molecule has 4 nitrogen and oxygen atoms in total. The minimum absolute atomic E-state index is 0.138. The Hall–Kier alpha value is -1.81. The Balaban J connectivity index is 2.44. The number of amides is 1. The van der Waals surface area contributed by atoms with Gasteiger partial charge in [0.05, 0.1) is 10.9 Å². The second-order valence-corrected chi connectivity index (χ2v) is 6.74. The van der Waals surface area contributed by atoms with E-state index in [4.69, 9.17) is 11.6 Å². The summed E-state index contributed by atoms with van der Waals surface area (Å²) in [5.74, 6) is 0.338. The molecule has 2 N–H and O–H groups in total. The molecule has 0 aliphatic heterocycles. The second kappa shape index (κ2) is 6.13. The van der Waals surface area contributed by atoms with E-state index >= 15 is 0 Å². The molecule has 2 aromatic rings. The Morgan fingerprint density at radius 2 is 2.00 bits per heavy atom. The minimum Gasteiger partial charge on any atom is -0.326 e. The van der Waals surface area contributed by atoms with Crippen molar-refractivity contribution in [2.75, 3.05) is 11.2 Å². The fourth-order valence-corrected chi connectivity index (χ4v) is 2.32. The van der Waals surface area contributed by atoms with E-state index < -0.39 is 5.41 Å². The summed E-state index contributed by atoms with van der Waals surface area (Å²) in [5.41, 5.74) is 1.58. The number of benzene rings is 1. The summed E-state index contributed by atoms with van der Waals surface area (Å²) in [5, 5.41) is 3.84. The van der Waals surface area contributed by atoms with Crippen molar-refractivity contribution in [3.8, 4) is 0 Å². The SMILES string of the molecule is CC(C)c1cc(=O)[nH]c2cc(NC(=O)C(C)(C)CCl)ccc12. The highest BCUT2D eigenvalue weighted by Crippen LogP contribution is 2.26. The quantitative estimate of drug-likeness (QED) is 0.840. The van der Waals surface area contributed by atoms with Gasteiger partial charge in [-0.3, -0.25) is 9.59 Å². The van der Waals surface area contributed by atoms with Crippen LogP contribution in [0.25, 0.3) is 10.9 Å². The molecule has 0 saturated carbocycles.